The van der Waals surface area contributed by atoms with Crippen molar-refractivity contribution in [2.24, 2.45) is 19.8 Å². The van der Waals surface area contributed by atoms with Gasteiger partial charge in [-0.1, -0.05) is 11.6 Å². The number of anilines is 1. The molecule has 8 nitrogen and oxygen atoms in total. The molecule has 25 heavy (non-hydrogen) atoms. The maximum atomic E-state index is 12.7. The van der Waals surface area contributed by atoms with Crippen molar-refractivity contribution in [1.29, 1.82) is 0 Å². The van der Waals surface area contributed by atoms with E-state index in [4.69, 9.17) is 5.73 Å². The number of aromatic nitrogens is 4. The van der Waals surface area contributed by atoms with E-state index in [-0.39, 0.29) is 17.3 Å². The van der Waals surface area contributed by atoms with Crippen molar-refractivity contribution in [3.05, 3.63) is 32.5 Å². The molecule has 3 heterocycles. The van der Waals surface area contributed by atoms with E-state index in [1.807, 2.05) is 18.4 Å². The number of nitrogens with zero attached hydrogens (tertiary/aromatic N) is 5. The van der Waals surface area contributed by atoms with E-state index >= 15 is 0 Å². The van der Waals surface area contributed by atoms with Gasteiger partial charge in [0.05, 0.1) is 0 Å². The van der Waals surface area contributed by atoms with Gasteiger partial charge in [0.1, 0.15) is 0 Å². The maximum Gasteiger partial charge on any atom is 0.332 e. The Kier molecular flexibility index (Phi) is 4.55. The molecule has 3 rings (SSSR count). The van der Waals surface area contributed by atoms with Gasteiger partial charge < -0.3 is 15.2 Å². The Morgan fingerprint density at radius 3 is 2.44 bits per heavy atom. The van der Waals surface area contributed by atoms with Gasteiger partial charge >= 0.3 is 5.69 Å². The van der Waals surface area contributed by atoms with Crippen LogP contribution in [0.25, 0.3) is 11.2 Å². The summed E-state index contributed by atoms with van der Waals surface area (Å²) in [5.41, 5.74) is 7.39. The van der Waals surface area contributed by atoms with Gasteiger partial charge in [0.25, 0.3) is 5.56 Å². The molecule has 1 saturated heterocycles. The fraction of sp³-hybridized carbons (Fsp3) is 0.588. The predicted octanol–water partition coefficient (Wildman–Crippen LogP) is 0.327. The summed E-state index contributed by atoms with van der Waals surface area (Å²) in [4.78, 5) is 31.8. The second-order valence-electron chi connectivity index (χ2n) is 7.01. The quantitative estimate of drug-likeness (QED) is 0.809. The van der Waals surface area contributed by atoms with Gasteiger partial charge in [0, 0.05) is 39.8 Å². The summed E-state index contributed by atoms with van der Waals surface area (Å²) in [5, 5.41) is 0. The summed E-state index contributed by atoms with van der Waals surface area (Å²) < 4.78 is 4.49. The minimum atomic E-state index is -0.364. The van der Waals surface area contributed by atoms with Crippen molar-refractivity contribution < 1.29 is 0 Å². The minimum absolute atomic E-state index is 0.212. The number of aryl methyl sites for hydroxylation is 1. The Balaban J connectivity index is 2.25. The third-order valence-electron chi connectivity index (χ3n) is 4.83. The third-order valence-corrected chi connectivity index (χ3v) is 4.83. The highest BCUT2D eigenvalue weighted by Crippen LogP contribution is 2.23. The predicted molar refractivity (Wildman–Crippen MR) is 99.1 cm³/mol. The first-order valence-electron chi connectivity index (χ1n) is 8.61. The van der Waals surface area contributed by atoms with Crippen LogP contribution in [0, 0.1) is 0 Å². The van der Waals surface area contributed by atoms with Crippen LogP contribution in [0.4, 0.5) is 5.95 Å². The summed E-state index contributed by atoms with van der Waals surface area (Å²) in [6.45, 7) is 6.18. The monoisotopic (exact) mass is 346 g/mol. The standard InChI is InChI=1S/C17H26N6O2/c1-11(2)5-10-23-13-14(20(3)17(25)21(4)15(13)24)19-16(23)22-8-6-12(18)7-9-22/h5,12H,6-10,18H2,1-4H3. The van der Waals surface area contributed by atoms with Crippen molar-refractivity contribution in [3.63, 3.8) is 0 Å². The number of imidazole rings is 1. The van der Waals surface area contributed by atoms with E-state index in [1.54, 1.807) is 7.05 Å². The zero-order valence-corrected chi connectivity index (χ0v) is 15.3. The highest BCUT2D eigenvalue weighted by atomic mass is 16.2. The van der Waals surface area contributed by atoms with Crippen LogP contribution in [0.2, 0.25) is 0 Å². The van der Waals surface area contributed by atoms with Gasteiger partial charge in [0.15, 0.2) is 11.2 Å². The van der Waals surface area contributed by atoms with Crippen molar-refractivity contribution in [2.45, 2.75) is 39.3 Å². The highest BCUT2D eigenvalue weighted by Gasteiger charge is 2.24. The number of fused-ring (bicyclic) bond motifs is 1. The van der Waals surface area contributed by atoms with E-state index in [1.165, 1.54) is 11.6 Å². The van der Waals surface area contributed by atoms with Gasteiger partial charge in [0.2, 0.25) is 5.95 Å². The topological polar surface area (TPSA) is 91.1 Å². The first-order valence-corrected chi connectivity index (χ1v) is 8.61. The fourth-order valence-electron chi connectivity index (χ4n) is 3.22. The van der Waals surface area contributed by atoms with E-state index in [2.05, 4.69) is 16.0 Å². The van der Waals surface area contributed by atoms with Crippen LogP contribution in [0.3, 0.4) is 0 Å². The average molecular weight is 346 g/mol. The zero-order chi connectivity index (χ0) is 18.3. The van der Waals surface area contributed by atoms with Crippen molar-refractivity contribution in [2.75, 3.05) is 18.0 Å². The second kappa shape index (κ2) is 6.51. The van der Waals surface area contributed by atoms with E-state index in [0.29, 0.717) is 17.7 Å². The lowest BCUT2D eigenvalue weighted by atomic mass is 10.1. The highest BCUT2D eigenvalue weighted by molar-refractivity contribution is 5.74. The molecule has 0 saturated carbocycles. The van der Waals surface area contributed by atoms with Gasteiger partial charge in [-0.05, 0) is 26.7 Å². The summed E-state index contributed by atoms with van der Waals surface area (Å²) >= 11 is 0. The molecule has 0 atom stereocenters. The normalized spacial score (nSPS) is 15.8. The molecule has 2 aromatic heterocycles. The molecule has 0 spiro atoms. The third kappa shape index (κ3) is 3.02. The molecule has 0 bridgehead atoms. The number of rotatable bonds is 3. The Bertz CT molecular complexity index is 937. The molecule has 2 N–H and O–H groups in total. The van der Waals surface area contributed by atoms with Crippen LogP contribution in [-0.2, 0) is 20.6 Å². The van der Waals surface area contributed by atoms with Crippen LogP contribution in [0.15, 0.2) is 21.2 Å². The molecule has 0 aliphatic carbocycles. The van der Waals surface area contributed by atoms with Gasteiger partial charge in [-0.25, -0.2) is 4.79 Å². The Labute approximate surface area is 146 Å². The lowest BCUT2D eigenvalue weighted by molar-refractivity contribution is 0.492. The first kappa shape index (κ1) is 17.5. The summed E-state index contributed by atoms with van der Waals surface area (Å²) in [7, 11) is 3.15. The number of hydrogen-bond donors (Lipinski definition) is 1. The van der Waals surface area contributed by atoms with E-state index in [0.717, 1.165) is 42.0 Å². The zero-order valence-electron chi connectivity index (χ0n) is 15.3. The van der Waals surface area contributed by atoms with Crippen LogP contribution < -0.4 is 21.9 Å². The number of piperidine rings is 1. The lowest BCUT2D eigenvalue weighted by Crippen LogP contribution is -2.41. The molecule has 8 heteroatoms. The molecule has 2 aromatic rings. The largest absolute Gasteiger partial charge is 0.342 e. The molecule has 1 aliphatic heterocycles. The number of allylic oxidation sites excluding steroid dienone is 2. The second-order valence-corrected chi connectivity index (χ2v) is 7.01. The molecule has 136 valence electrons. The van der Waals surface area contributed by atoms with Crippen LogP contribution >= 0.6 is 0 Å². The molecular formula is C17H26N6O2. The Morgan fingerprint density at radius 2 is 1.84 bits per heavy atom. The van der Waals surface area contributed by atoms with Gasteiger partial charge in [-0.2, -0.15) is 4.98 Å². The van der Waals surface area contributed by atoms with Crippen LogP contribution in [0.1, 0.15) is 26.7 Å². The summed E-state index contributed by atoms with van der Waals surface area (Å²) in [6.07, 6.45) is 3.84. The molecule has 0 radical (unpaired) electrons. The van der Waals surface area contributed by atoms with Crippen LogP contribution in [0.5, 0.6) is 0 Å². The molecule has 1 fully saturated rings. The smallest absolute Gasteiger partial charge is 0.332 e. The summed E-state index contributed by atoms with van der Waals surface area (Å²) in [6, 6.07) is 0.212. The van der Waals surface area contributed by atoms with Crippen molar-refractivity contribution >= 4 is 17.1 Å². The van der Waals surface area contributed by atoms with Crippen molar-refractivity contribution in [1.82, 2.24) is 18.7 Å². The molecule has 0 unspecified atom stereocenters. The fourth-order valence-corrected chi connectivity index (χ4v) is 3.22. The van der Waals surface area contributed by atoms with Crippen molar-refractivity contribution in [3.8, 4) is 0 Å². The SMILES string of the molecule is CC(C)=CCn1c(N2CCC(N)CC2)nc2c1c(=O)n(C)c(=O)n2C. The van der Waals surface area contributed by atoms with Crippen LogP contribution in [-0.4, -0.2) is 37.8 Å². The van der Waals surface area contributed by atoms with E-state index in [9.17, 15) is 9.59 Å². The van der Waals surface area contributed by atoms with Gasteiger partial charge in [-0.15, -0.1) is 0 Å². The Morgan fingerprint density at radius 1 is 1.20 bits per heavy atom. The lowest BCUT2D eigenvalue weighted by Gasteiger charge is -2.31. The molecule has 1 aliphatic rings. The molecular weight excluding hydrogens is 320 g/mol. The maximum absolute atomic E-state index is 12.7. The molecule has 0 aromatic carbocycles. The minimum Gasteiger partial charge on any atom is -0.342 e. The average Bonchev–Trinajstić information content (AvgIpc) is 2.96. The van der Waals surface area contributed by atoms with Gasteiger partial charge in [-0.3, -0.25) is 13.9 Å². The Hall–Kier alpha value is -2.35. The van der Waals surface area contributed by atoms with E-state index < -0.39 is 0 Å². The number of nitrogens with two attached hydrogens (primary N) is 1. The first-order chi connectivity index (χ1) is 11.8. The summed E-state index contributed by atoms with van der Waals surface area (Å²) in [5.74, 6) is 0.734. The molecule has 0 amide bonds. The number of hydrogen-bond acceptors (Lipinski definition) is 5.